The zero-order chi connectivity index (χ0) is 22.1. The number of para-hydroxylation sites is 1. The van der Waals surface area contributed by atoms with E-state index >= 15 is 0 Å². The van der Waals surface area contributed by atoms with E-state index in [2.05, 4.69) is 11.0 Å². The Morgan fingerprint density at radius 2 is 1.72 bits per heavy atom. The number of carbonyl (C=O) groups is 1. The highest BCUT2D eigenvalue weighted by Crippen LogP contribution is 2.40. The number of ether oxygens (including phenoxy) is 2. The van der Waals surface area contributed by atoms with Crippen LogP contribution in [0.2, 0.25) is 0 Å². The van der Waals surface area contributed by atoms with Crippen molar-refractivity contribution in [2.75, 3.05) is 40.4 Å². The number of piperazine rings is 1. The van der Waals surface area contributed by atoms with Gasteiger partial charge in [-0.15, -0.1) is 0 Å². The molecule has 0 bridgehead atoms. The number of hydrogen-bond acceptors (Lipinski definition) is 5. The van der Waals surface area contributed by atoms with Crippen LogP contribution in [-0.2, 0) is 6.54 Å². The first-order valence-corrected chi connectivity index (χ1v) is 11.3. The summed E-state index contributed by atoms with van der Waals surface area (Å²) in [6.45, 7) is 3.96. The maximum Gasteiger partial charge on any atom is 0.254 e. The average Bonchev–Trinajstić information content (AvgIpc) is 3.69. The Kier molecular flexibility index (Phi) is 5.70. The summed E-state index contributed by atoms with van der Waals surface area (Å²) in [5, 5.41) is 0.953. The summed E-state index contributed by atoms with van der Waals surface area (Å²) in [5.74, 6) is 2.12. The van der Waals surface area contributed by atoms with E-state index < -0.39 is 0 Å². The fourth-order valence-electron chi connectivity index (χ4n) is 4.48. The molecule has 1 saturated carbocycles. The van der Waals surface area contributed by atoms with Crippen molar-refractivity contribution in [3.05, 3.63) is 65.4 Å². The minimum Gasteiger partial charge on any atom is -0.493 e. The monoisotopic (exact) mass is 431 g/mol. The maximum atomic E-state index is 13.5. The van der Waals surface area contributed by atoms with Crippen LogP contribution in [0.3, 0.4) is 0 Å². The van der Waals surface area contributed by atoms with Gasteiger partial charge in [-0.05, 0) is 42.7 Å². The lowest BCUT2D eigenvalue weighted by Gasteiger charge is -2.35. The predicted octanol–water partition coefficient (Wildman–Crippen LogP) is 4.09. The predicted molar refractivity (Wildman–Crippen MR) is 124 cm³/mol. The molecule has 3 aromatic rings. The standard InChI is InChI=1S/C26H29N3O3/c1-31-24-10-7-18(15-25(24)32-2)17-28-11-13-29(14-12-28)26(30)21-16-23(19-8-9-19)27-22-6-4-3-5-20(21)22/h3-7,10,15-16,19H,8-9,11-14,17H2,1-2H3. The quantitative estimate of drug-likeness (QED) is 0.589. The Morgan fingerprint density at radius 3 is 2.44 bits per heavy atom. The minimum absolute atomic E-state index is 0.122. The molecule has 2 fully saturated rings. The van der Waals surface area contributed by atoms with E-state index in [0.29, 0.717) is 5.92 Å². The van der Waals surface area contributed by atoms with E-state index in [9.17, 15) is 4.79 Å². The van der Waals surface area contributed by atoms with Crippen LogP contribution >= 0.6 is 0 Å². The number of fused-ring (bicyclic) bond motifs is 1. The molecule has 0 unspecified atom stereocenters. The van der Waals surface area contributed by atoms with Gasteiger partial charge in [-0.3, -0.25) is 14.7 Å². The zero-order valence-electron chi connectivity index (χ0n) is 18.7. The Bertz CT molecular complexity index is 1130. The van der Waals surface area contributed by atoms with Crippen LogP contribution in [0.4, 0.5) is 0 Å². The number of methoxy groups -OCH3 is 2. The number of carbonyl (C=O) groups excluding carboxylic acids is 1. The molecule has 0 spiro atoms. The summed E-state index contributed by atoms with van der Waals surface area (Å²) in [7, 11) is 3.30. The van der Waals surface area contributed by atoms with E-state index in [1.165, 1.54) is 18.4 Å². The van der Waals surface area contributed by atoms with Crippen LogP contribution in [0, 0.1) is 0 Å². The third-order valence-corrected chi connectivity index (χ3v) is 6.48. The molecule has 6 heteroatoms. The fourth-order valence-corrected chi connectivity index (χ4v) is 4.48. The first-order chi connectivity index (χ1) is 15.7. The molecule has 1 aliphatic carbocycles. The van der Waals surface area contributed by atoms with E-state index in [0.717, 1.165) is 66.4 Å². The van der Waals surface area contributed by atoms with Crippen LogP contribution in [0.5, 0.6) is 11.5 Å². The molecule has 32 heavy (non-hydrogen) atoms. The van der Waals surface area contributed by atoms with E-state index in [1.54, 1.807) is 14.2 Å². The van der Waals surface area contributed by atoms with Gasteiger partial charge < -0.3 is 14.4 Å². The molecule has 1 aliphatic heterocycles. The number of nitrogens with zero attached hydrogens (tertiary/aromatic N) is 3. The van der Waals surface area contributed by atoms with E-state index in [1.807, 2.05) is 47.4 Å². The number of pyridine rings is 1. The fraction of sp³-hybridized carbons (Fsp3) is 0.385. The van der Waals surface area contributed by atoms with Crippen LogP contribution in [-0.4, -0.2) is 61.1 Å². The summed E-state index contributed by atoms with van der Waals surface area (Å²) in [6.07, 6.45) is 2.35. The molecule has 2 aliphatic rings. The van der Waals surface area contributed by atoms with E-state index in [-0.39, 0.29) is 5.91 Å². The molecular formula is C26H29N3O3. The molecule has 0 atom stereocenters. The molecule has 166 valence electrons. The third kappa shape index (κ3) is 4.15. The second kappa shape index (κ2) is 8.79. The summed E-state index contributed by atoms with van der Waals surface area (Å²) in [6, 6.07) is 16.1. The highest BCUT2D eigenvalue weighted by Gasteiger charge is 2.29. The first kappa shape index (κ1) is 20.8. The summed E-state index contributed by atoms with van der Waals surface area (Å²) < 4.78 is 10.8. The van der Waals surface area contributed by atoms with Crippen molar-refractivity contribution >= 4 is 16.8 Å². The van der Waals surface area contributed by atoms with Gasteiger partial charge in [-0.1, -0.05) is 24.3 Å². The molecular weight excluding hydrogens is 402 g/mol. The largest absolute Gasteiger partial charge is 0.493 e. The first-order valence-electron chi connectivity index (χ1n) is 11.3. The Balaban J connectivity index is 1.28. The van der Waals surface area contributed by atoms with Crippen molar-refractivity contribution in [2.45, 2.75) is 25.3 Å². The zero-order valence-corrected chi connectivity index (χ0v) is 18.7. The molecule has 1 saturated heterocycles. The lowest BCUT2D eigenvalue weighted by molar-refractivity contribution is 0.0630. The number of hydrogen-bond donors (Lipinski definition) is 0. The summed E-state index contributed by atoms with van der Waals surface area (Å²) >= 11 is 0. The average molecular weight is 432 g/mol. The Hall–Kier alpha value is -3.12. The van der Waals surface area contributed by atoms with Gasteiger partial charge in [-0.25, -0.2) is 0 Å². The van der Waals surface area contributed by atoms with Crippen molar-refractivity contribution in [1.29, 1.82) is 0 Å². The van der Waals surface area contributed by atoms with Crippen LogP contribution in [0.1, 0.15) is 40.4 Å². The van der Waals surface area contributed by atoms with Gasteiger partial charge in [0.1, 0.15) is 0 Å². The van der Waals surface area contributed by atoms with Gasteiger partial charge in [0.2, 0.25) is 0 Å². The van der Waals surface area contributed by atoms with Crippen molar-refractivity contribution in [1.82, 2.24) is 14.8 Å². The van der Waals surface area contributed by atoms with Gasteiger partial charge in [0, 0.05) is 49.7 Å². The SMILES string of the molecule is COc1ccc(CN2CCN(C(=O)c3cc(C4CC4)nc4ccccc34)CC2)cc1OC. The van der Waals surface area contributed by atoms with E-state index in [4.69, 9.17) is 14.5 Å². The smallest absolute Gasteiger partial charge is 0.254 e. The molecule has 1 amide bonds. The van der Waals surface area contributed by atoms with Crippen molar-refractivity contribution in [3.63, 3.8) is 0 Å². The normalized spacial score (nSPS) is 16.9. The van der Waals surface area contributed by atoms with Crippen molar-refractivity contribution in [3.8, 4) is 11.5 Å². The van der Waals surface area contributed by atoms with Gasteiger partial charge in [0.15, 0.2) is 11.5 Å². The highest BCUT2D eigenvalue weighted by atomic mass is 16.5. The van der Waals surface area contributed by atoms with Crippen LogP contribution < -0.4 is 9.47 Å². The van der Waals surface area contributed by atoms with Gasteiger partial charge >= 0.3 is 0 Å². The third-order valence-electron chi connectivity index (χ3n) is 6.48. The van der Waals surface area contributed by atoms with Crippen LogP contribution in [0.25, 0.3) is 10.9 Å². The van der Waals surface area contributed by atoms with Gasteiger partial charge in [0.25, 0.3) is 5.91 Å². The lowest BCUT2D eigenvalue weighted by Crippen LogP contribution is -2.48. The summed E-state index contributed by atoms with van der Waals surface area (Å²) in [5.41, 5.74) is 3.97. The maximum absolute atomic E-state index is 13.5. The molecule has 0 radical (unpaired) electrons. The molecule has 1 aromatic heterocycles. The topological polar surface area (TPSA) is 54.9 Å². The van der Waals surface area contributed by atoms with Gasteiger partial charge in [0.05, 0.1) is 25.3 Å². The number of rotatable bonds is 6. The highest BCUT2D eigenvalue weighted by molar-refractivity contribution is 6.06. The summed E-state index contributed by atoms with van der Waals surface area (Å²) in [4.78, 5) is 22.7. The second-order valence-corrected chi connectivity index (χ2v) is 8.64. The Morgan fingerprint density at radius 1 is 0.969 bits per heavy atom. The molecule has 2 heterocycles. The molecule has 5 rings (SSSR count). The lowest BCUT2D eigenvalue weighted by atomic mass is 10.0. The molecule has 6 nitrogen and oxygen atoms in total. The number of amides is 1. The van der Waals surface area contributed by atoms with Crippen molar-refractivity contribution < 1.29 is 14.3 Å². The van der Waals surface area contributed by atoms with Crippen molar-refractivity contribution in [2.24, 2.45) is 0 Å². The minimum atomic E-state index is 0.122. The Labute approximate surface area is 188 Å². The molecule has 0 N–H and O–H groups in total. The number of aromatic nitrogens is 1. The van der Waals surface area contributed by atoms with Crippen LogP contribution in [0.15, 0.2) is 48.5 Å². The number of benzene rings is 2. The second-order valence-electron chi connectivity index (χ2n) is 8.64. The van der Waals surface area contributed by atoms with Gasteiger partial charge in [-0.2, -0.15) is 0 Å². The molecule has 2 aromatic carbocycles.